The summed E-state index contributed by atoms with van der Waals surface area (Å²) in [6, 6.07) is 7.89. The average Bonchev–Trinajstić information content (AvgIpc) is 2.78. The highest BCUT2D eigenvalue weighted by molar-refractivity contribution is 5.76. The Morgan fingerprint density at radius 2 is 2.16 bits per heavy atom. The number of hydrogen-bond acceptors (Lipinski definition) is 3. The van der Waals surface area contributed by atoms with Crippen LogP contribution in [-0.4, -0.2) is 16.7 Å². The van der Waals surface area contributed by atoms with Crippen LogP contribution in [0, 0.1) is 0 Å². The lowest BCUT2D eigenvalue weighted by Gasteiger charge is -2.20. The maximum absolute atomic E-state index is 6.29. The standard InChI is InChI=1S/C15H19N3O/c1-10-6-5-9-18-14(16)13(17-15(10)18)11-7-3-4-8-12(11)19-2/h3-4,7-8,10H,5-6,9,16H2,1-2H3. The minimum atomic E-state index is 0.472. The number of methoxy groups -OCH3 is 1. The second kappa shape index (κ2) is 4.61. The number of aromatic nitrogens is 2. The van der Waals surface area contributed by atoms with Gasteiger partial charge >= 0.3 is 0 Å². The molecular formula is C15H19N3O. The molecule has 0 radical (unpaired) electrons. The van der Waals surface area contributed by atoms with Crippen molar-refractivity contribution in [3.63, 3.8) is 0 Å². The molecule has 3 rings (SSSR count). The molecule has 100 valence electrons. The third kappa shape index (κ3) is 1.87. The van der Waals surface area contributed by atoms with Crippen molar-refractivity contribution in [2.75, 3.05) is 12.8 Å². The maximum atomic E-state index is 6.29. The van der Waals surface area contributed by atoms with Crippen molar-refractivity contribution in [2.45, 2.75) is 32.2 Å². The molecule has 1 atom stereocenters. The molecule has 1 unspecified atom stereocenters. The Kier molecular flexibility index (Phi) is 2.93. The van der Waals surface area contributed by atoms with Gasteiger partial charge in [0.1, 0.15) is 23.1 Å². The zero-order chi connectivity index (χ0) is 13.4. The van der Waals surface area contributed by atoms with Gasteiger partial charge in [-0.25, -0.2) is 4.98 Å². The van der Waals surface area contributed by atoms with Gasteiger partial charge in [-0.05, 0) is 25.0 Å². The molecule has 0 bridgehead atoms. The molecule has 0 spiro atoms. The van der Waals surface area contributed by atoms with Gasteiger partial charge in [0.15, 0.2) is 0 Å². The van der Waals surface area contributed by atoms with E-state index in [4.69, 9.17) is 15.5 Å². The van der Waals surface area contributed by atoms with Crippen LogP contribution in [0.3, 0.4) is 0 Å². The van der Waals surface area contributed by atoms with Crippen molar-refractivity contribution in [3.8, 4) is 17.0 Å². The van der Waals surface area contributed by atoms with Crippen LogP contribution in [0.1, 0.15) is 31.5 Å². The van der Waals surface area contributed by atoms with E-state index in [1.54, 1.807) is 7.11 Å². The van der Waals surface area contributed by atoms with E-state index in [2.05, 4.69) is 11.5 Å². The van der Waals surface area contributed by atoms with Gasteiger partial charge in [0.25, 0.3) is 0 Å². The lowest BCUT2D eigenvalue weighted by atomic mass is 10.0. The van der Waals surface area contributed by atoms with Gasteiger partial charge in [0.2, 0.25) is 0 Å². The quantitative estimate of drug-likeness (QED) is 0.899. The fraction of sp³-hybridized carbons (Fsp3) is 0.400. The zero-order valence-electron chi connectivity index (χ0n) is 11.4. The number of fused-ring (bicyclic) bond motifs is 1. The van der Waals surface area contributed by atoms with Crippen molar-refractivity contribution < 1.29 is 4.74 Å². The highest BCUT2D eigenvalue weighted by Gasteiger charge is 2.24. The molecule has 4 heteroatoms. The van der Waals surface area contributed by atoms with Gasteiger partial charge in [-0.1, -0.05) is 19.1 Å². The van der Waals surface area contributed by atoms with Crippen LogP contribution in [0.25, 0.3) is 11.3 Å². The summed E-state index contributed by atoms with van der Waals surface area (Å²) in [6.45, 7) is 3.18. The van der Waals surface area contributed by atoms with Gasteiger partial charge < -0.3 is 15.0 Å². The summed E-state index contributed by atoms with van der Waals surface area (Å²) in [5, 5.41) is 0. The van der Waals surface area contributed by atoms with Crippen LogP contribution in [-0.2, 0) is 6.54 Å². The summed E-state index contributed by atoms with van der Waals surface area (Å²) in [5.74, 6) is 3.15. The van der Waals surface area contributed by atoms with Crippen LogP contribution in [0.15, 0.2) is 24.3 Å². The molecule has 0 amide bonds. The average molecular weight is 257 g/mol. The predicted molar refractivity (Wildman–Crippen MR) is 76.3 cm³/mol. The van der Waals surface area contributed by atoms with E-state index in [-0.39, 0.29) is 0 Å². The molecular weight excluding hydrogens is 238 g/mol. The van der Waals surface area contributed by atoms with Crippen LogP contribution < -0.4 is 10.5 Å². The molecule has 1 aromatic carbocycles. The predicted octanol–water partition coefficient (Wildman–Crippen LogP) is 3.04. The number of ether oxygens (including phenoxy) is 1. The Bertz CT molecular complexity index is 603. The molecule has 2 N–H and O–H groups in total. The van der Waals surface area contributed by atoms with Gasteiger partial charge in [-0.2, -0.15) is 0 Å². The molecule has 0 fully saturated rings. The Morgan fingerprint density at radius 3 is 2.89 bits per heavy atom. The van der Waals surface area contributed by atoms with E-state index >= 15 is 0 Å². The molecule has 4 nitrogen and oxygen atoms in total. The molecule has 2 aromatic rings. The second-order valence-corrected chi connectivity index (χ2v) is 5.10. The Morgan fingerprint density at radius 1 is 1.37 bits per heavy atom. The summed E-state index contributed by atoms with van der Waals surface area (Å²) in [6.07, 6.45) is 2.35. The fourth-order valence-electron chi connectivity index (χ4n) is 2.82. The second-order valence-electron chi connectivity index (χ2n) is 5.10. The number of anilines is 1. The first-order valence-electron chi connectivity index (χ1n) is 6.71. The number of hydrogen-bond donors (Lipinski definition) is 1. The van der Waals surface area contributed by atoms with Gasteiger partial charge in [-0.15, -0.1) is 0 Å². The fourth-order valence-corrected chi connectivity index (χ4v) is 2.82. The Hall–Kier alpha value is -1.97. The van der Waals surface area contributed by atoms with E-state index in [1.165, 1.54) is 12.8 Å². The third-order valence-corrected chi connectivity index (χ3v) is 3.86. The van der Waals surface area contributed by atoms with Crippen molar-refractivity contribution >= 4 is 5.82 Å². The highest BCUT2D eigenvalue weighted by Crippen LogP contribution is 2.37. The van der Waals surface area contributed by atoms with E-state index in [0.29, 0.717) is 5.92 Å². The summed E-state index contributed by atoms with van der Waals surface area (Å²) < 4.78 is 7.56. The topological polar surface area (TPSA) is 53.1 Å². The zero-order valence-corrected chi connectivity index (χ0v) is 11.4. The number of rotatable bonds is 2. The van der Waals surface area contributed by atoms with Crippen molar-refractivity contribution in [1.29, 1.82) is 0 Å². The normalized spacial score (nSPS) is 18.1. The molecule has 0 aliphatic carbocycles. The molecule has 2 heterocycles. The van der Waals surface area contributed by atoms with E-state index in [1.807, 2.05) is 24.3 Å². The van der Waals surface area contributed by atoms with Gasteiger partial charge in [-0.3, -0.25) is 0 Å². The van der Waals surface area contributed by atoms with Crippen molar-refractivity contribution in [2.24, 2.45) is 0 Å². The van der Waals surface area contributed by atoms with Crippen molar-refractivity contribution in [1.82, 2.24) is 9.55 Å². The van der Waals surface area contributed by atoms with E-state index < -0.39 is 0 Å². The first-order valence-corrected chi connectivity index (χ1v) is 6.71. The van der Waals surface area contributed by atoms with E-state index in [9.17, 15) is 0 Å². The highest BCUT2D eigenvalue weighted by atomic mass is 16.5. The number of nitrogens with zero attached hydrogens (tertiary/aromatic N) is 2. The first kappa shape index (κ1) is 12.1. The lowest BCUT2D eigenvalue weighted by molar-refractivity contribution is 0.416. The van der Waals surface area contributed by atoms with Crippen LogP contribution in [0.4, 0.5) is 5.82 Å². The lowest BCUT2D eigenvalue weighted by Crippen LogP contribution is -2.15. The molecule has 1 aliphatic heterocycles. The summed E-state index contributed by atoms with van der Waals surface area (Å²) in [4.78, 5) is 4.77. The molecule has 0 saturated heterocycles. The van der Waals surface area contributed by atoms with Crippen LogP contribution >= 0.6 is 0 Å². The summed E-state index contributed by atoms with van der Waals surface area (Å²) >= 11 is 0. The Labute approximate surface area is 113 Å². The van der Waals surface area contributed by atoms with E-state index in [0.717, 1.165) is 35.2 Å². The van der Waals surface area contributed by atoms with Crippen LogP contribution in [0.5, 0.6) is 5.75 Å². The number of para-hydroxylation sites is 1. The maximum Gasteiger partial charge on any atom is 0.131 e. The largest absolute Gasteiger partial charge is 0.496 e. The Balaban J connectivity index is 2.16. The van der Waals surface area contributed by atoms with Crippen molar-refractivity contribution in [3.05, 3.63) is 30.1 Å². The summed E-state index contributed by atoms with van der Waals surface area (Å²) in [7, 11) is 1.67. The number of imidazole rings is 1. The number of nitrogen functional groups attached to an aromatic ring is 1. The van der Waals surface area contributed by atoms with Crippen LogP contribution in [0.2, 0.25) is 0 Å². The van der Waals surface area contributed by atoms with Gasteiger partial charge in [0.05, 0.1) is 7.11 Å². The molecule has 0 saturated carbocycles. The minimum absolute atomic E-state index is 0.472. The molecule has 19 heavy (non-hydrogen) atoms. The van der Waals surface area contributed by atoms with Gasteiger partial charge in [0, 0.05) is 18.0 Å². The molecule has 1 aromatic heterocycles. The SMILES string of the molecule is COc1ccccc1-c1nc2n(c1N)CCCC2C. The molecule has 1 aliphatic rings. The number of nitrogens with two attached hydrogens (primary N) is 1. The monoisotopic (exact) mass is 257 g/mol. The first-order chi connectivity index (χ1) is 9.22. The summed E-state index contributed by atoms with van der Waals surface area (Å²) in [5.41, 5.74) is 8.10. The minimum Gasteiger partial charge on any atom is -0.496 e. The third-order valence-electron chi connectivity index (χ3n) is 3.86. The smallest absolute Gasteiger partial charge is 0.131 e. The number of benzene rings is 1.